The van der Waals surface area contributed by atoms with Crippen molar-refractivity contribution >= 4 is 20.6 Å². The fourth-order valence-electron chi connectivity index (χ4n) is 2.09. The lowest BCUT2D eigenvalue weighted by Crippen LogP contribution is -2.08. The van der Waals surface area contributed by atoms with E-state index in [2.05, 4.69) is 15.3 Å². The van der Waals surface area contributed by atoms with Crippen LogP contribution < -0.4 is 5.56 Å². The van der Waals surface area contributed by atoms with Crippen LogP contribution in [0.5, 0.6) is 0 Å². The van der Waals surface area contributed by atoms with Gasteiger partial charge in [-0.05, 0) is 18.2 Å². The Morgan fingerprint density at radius 1 is 1.23 bits per heavy atom. The van der Waals surface area contributed by atoms with E-state index >= 15 is 0 Å². The van der Waals surface area contributed by atoms with E-state index in [-0.39, 0.29) is 28.5 Å². The summed E-state index contributed by atoms with van der Waals surface area (Å²) >= 11 is 0. The average Bonchev–Trinajstić information content (AvgIpc) is 2.97. The Hall–Kier alpha value is -2.52. The molecule has 8 nitrogen and oxygen atoms in total. The number of H-pyrrole nitrogens is 1. The Morgan fingerprint density at radius 2 is 2.05 bits per heavy atom. The Morgan fingerprint density at radius 3 is 2.82 bits per heavy atom. The van der Waals surface area contributed by atoms with Gasteiger partial charge in [0.1, 0.15) is 4.90 Å². The van der Waals surface area contributed by atoms with Crippen LogP contribution in [-0.2, 0) is 16.4 Å². The molecular formula is C13H12N4O4S. The van der Waals surface area contributed by atoms with Gasteiger partial charge in [0.2, 0.25) is 9.84 Å². The highest BCUT2D eigenvalue weighted by Crippen LogP contribution is 2.22. The Labute approximate surface area is 124 Å². The highest BCUT2D eigenvalue weighted by Gasteiger charge is 2.20. The zero-order chi connectivity index (χ0) is 15.7. The van der Waals surface area contributed by atoms with Crippen molar-refractivity contribution in [2.45, 2.75) is 16.3 Å². The minimum Gasteiger partial charge on any atom is -0.394 e. The lowest BCUT2D eigenvalue weighted by molar-refractivity contribution is 0.269. The first-order chi connectivity index (χ1) is 10.5. The number of benzene rings is 1. The summed E-state index contributed by atoms with van der Waals surface area (Å²) in [6.45, 7) is 0.0815. The third kappa shape index (κ3) is 2.40. The molecule has 0 fully saturated rings. The van der Waals surface area contributed by atoms with Crippen molar-refractivity contribution in [1.29, 1.82) is 0 Å². The minimum absolute atomic E-state index is 0.0260. The number of aliphatic hydroxyl groups excluding tert-OH is 1. The van der Waals surface area contributed by atoms with Crippen LogP contribution in [0.4, 0.5) is 0 Å². The molecule has 0 spiro atoms. The van der Waals surface area contributed by atoms with E-state index < -0.39 is 9.84 Å². The zero-order valence-electron chi connectivity index (χ0n) is 11.3. The van der Waals surface area contributed by atoms with Crippen LogP contribution in [0.1, 0.15) is 0 Å². The first-order valence-electron chi connectivity index (χ1n) is 6.38. The summed E-state index contributed by atoms with van der Waals surface area (Å²) < 4.78 is 26.5. The summed E-state index contributed by atoms with van der Waals surface area (Å²) in [7, 11) is -3.75. The van der Waals surface area contributed by atoms with Gasteiger partial charge in [0.15, 0.2) is 0 Å². The Balaban J connectivity index is 2.10. The molecule has 2 heterocycles. The van der Waals surface area contributed by atoms with Crippen LogP contribution in [0.15, 0.2) is 51.4 Å². The molecular weight excluding hydrogens is 308 g/mol. The van der Waals surface area contributed by atoms with Gasteiger partial charge < -0.3 is 5.11 Å². The second-order valence-electron chi connectivity index (χ2n) is 4.61. The predicted molar refractivity (Wildman–Crippen MR) is 77.1 cm³/mol. The largest absolute Gasteiger partial charge is 0.394 e. The van der Waals surface area contributed by atoms with Gasteiger partial charge in [-0.15, -0.1) is 0 Å². The van der Waals surface area contributed by atoms with Crippen LogP contribution in [0, 0.1) is 0 Å². The topological polar surface area (TPSA) is 118 Å². The number of hydrogen-bond donors (Lipinski definition) is 2. The maximum absolute atomic E-state index is 12.6. The van der Waals surface area contributed by atoms with Gasteiger partial charge in [-0.1, -0.05) is 0 Å². The number of aliphatic hydroxyl groups is 1. The van der Waals surface area contributed by atoms with Crippen molar-refractivity contribution < 1.29 is 13.5 Å². The lowest BCUT2D eigenvalue weighted by atomic mass is 10.2. The summed E-state index contributed by atoms with van der Waals surface area (Å²) in [4.78, 5) is 11.7. The van der Waals surface area contributed by atoms with Gasteiger partial charge in [-0.3, -0.25) is 9.48 Å². The first-order valence-corrected chi connectivity index (χ1v) is 7.86. The fraction of sp³-hybridized carbons (Fsp3) is 0.154. The van der Waals surface area contributed by atoms with Crippen LogP contribution in [0.25, 0.3) is 10.8 Å². The molecule has 22 heavy (non-hydrogen) atoms. The maximum Gasteiger partial charge on any atom is 0.272 e. The molecule has 0 radical (unpaired) electrons. The molecule has 2 aromatic heterocycles. The van der Waals surface area contributed by atoms with Crippen LogP contribution in [0.2, 0.25) is 0 Å². The molecule has 0 aliphatic carbocycles. The molecule has 3 rings (SSSR count). The average molecular weight is 320 g/mol. The smallest absolute Gasteiger partial charge is 0.272 e. The van der Waals surface area contributed by atoms with Gasteiger partial charge in [-0.25, -0.2) is 13.5 Å². The standard InChI is InChI=1S/C13H12N4O4S/c18-4-3-17-8-11(7-15-17)22(20,21)10-1-2-12-9(5-10)6-14-16-13(12)19/h1-2,5-8,18H,3-4H2,(H,16,19). The molecule has 0 amide bonds. The highest BCUT2D eigenvalue weighted by molar-refractivity contribution is 7.91. The summed E-state index contributed by atoms with van der Waals surface area (Å²) in [6, 6.07) is 4.22. The number of sulfone groups is 1. The van der Waals surface area contributed by atoms with Crippen LogP contribution >= 0.6 is 0 Å². The van der Waals surface area contributed by atoms with Gasteiger partial charge >= 0.3 is 0 Å². The third-order valence-electron chi connectivity index (χ3n) is 3.20. The number of aromatic amines is 1. The molecule has 0 atom stereocenters. The molecule has 0 bridgehead atoms. The molecule has 1 aromatic carbocycles. The third-order valence-corrected chi connectivity index (χ3v) is 4.90. The maximum atomic E-state index is 12.6. The second-order valence-corrected chi connectivity index (χ2v) is 6.56. The second kappa shape index (κ2) is 5.35. The number of hydrogen-bond acceptors (Lipinski definition) is 6. The monoisotopic (exact) mass is 320 g/mol. The number of rotatable bonds is 4. The molecule has 0 aliphatic heterocycles. The fourth-order valence-corrected chi connectivity index (χ4v) is 3.33. The number of nitrogens with zero attached hydrogens (tertiary/aromatic N) is 3. The number of fused-ring (bicyclic) bond motifs is 1. The number of aromatic nitrogens is 4. The number of nitrogens with one attached hydrogen (secondary N) is 1. The molecule has 0 unspecified atom stereocenters. The molecule has 114 valence electrons. The summed E-state index contributed by atoms with van der Waals surface area (Å²) in [5.74, 6) is 0. The van der Waals surface area contributed by atoms with Crippen molar-refractivity contribution in [3.8, 4) is 0 Å². The van der Waals surface area contributed by atoms with E-state index in [1.807, 2.05) is 0 Å². The van der Waals surface area contributed by atoms with Crippen LogP contribution in [-0.4, -0.2) is 40.1 Å². The van der Waals surface area contributed by atoms with Gasteiger partial charge in [0.25, 0.3) is 5.56 Å². The van der Waals surface area contributed by atoms with E-state index in [1.165, 1.54) is 41.5 Å². The van der Waals surface area contributed by atoms with E-state index in [0.29, 0.717) is 10.8 Å². The Kier molecular flexibility index (Phi) is 3.51. The van der Waals surface area contributed by atoms with E-state index in [9.17, 15) is 13.2 Å². The van der Waals surface area contributed by atoms with Crippen LogP contribution in [0.3, 0.4) is 0 Å². The summed E-state index contributed by atoms with van der Waals surface area (Å²) in [5.41, 5.74) is -0.378. The SMILES string of the molecule is O=c1[nH]ncc2cc(S(=O)(=O)c3cnn(CCO)c3)ccc12. The highest BCUT2D eigenvalue weighted by atomic mass is 32.2. The summed E-state index contributed by atoms with van der Waals surface area (Å²) in [6.07, 6.45) is 3.97. The van der Waals surface area contributed by atoms with E-state index in [4.69, 9.17) is 5.11 Å². The van der Waals surface area contributed by atoms with Crippen molar-refractivity contribution in [3.63, 3.8) is 0 Å². The molecule has 0 saturated heterocycles. The first kappa shape index (κ1) is 14.4. The zero-order valence-corrected chi connectivity index (χ0v) is 12.1. The van der Waals surface area contributed by atoms with Gasteiger partial charge in [0.05, 0.1) is 35.8 Å². The lowest BCUT2D eigenvalue weighted by Gasteiger charge is -2.03. The van der Waals surface area contributed by atoms with Crippen molar-refractivity contribution in [2.24, 2.45) is 0 Å². The van der Waals surface area contributed by atoms with Crippen molar-refractivity contribution in [3.05, 3.63) is 47.1 Å². The molecule has 2 N–H and O–H groups in total. The normalized spacial score (nSPS) is 11.9. The van der Waals surface area contributed by atoms with E-state index in [1.54, 1.807) is 0 Å². The molecule has 3 aromatic rings. The van der Waals surface area contributed by atoms with Crippen molar-refractivity contribution in [1.82, 2.24) is 20.0 Å². The van der Waals surface area contributed by atoms with Gasteiger partial charge in [-0.2, -0.15) is 10.2 Å². The molecule has 0 aliphatic rings. The quantitative estimate of drug-likeness (QED) is 0.695. The van der Waals surface area contributed by atoms with E-state index in [0.717, 1.165) is 0 Å². The Bertz CT molecular complexity index is 990. The van der Waals surface area contributed by atoms with Crippen molar-refractivity contribution in [2.75, 3.05) is 6.61 Å². The minimum atomic E-state index is -3.75. The molecule has 9 heteroatoms. The predicted octanol–water partition coefficient (Wildman–Crippen LogP) is -0.0553. The molecule has 0 saturated carbocycles. The summed E-state index contributed by atoms with van der Waals surface area (Å²) in [5, 5.41) is 19.5. The van der Waals surface area contributed by atoms with Gasteiger partial charge in [0, 0.05) is 11.6 Å².